The van der Waals surface area contributed by atoms with E-state index in [2.05, 4.69) is 40.7 Å². The molecule has 1 aliphatic heterocycles. The molecular formula is C12H19N5S. The minimum Gasteiger partial charge on any atom is -0.388 e. The third kappa shape index (κ3) is 2.59. The molecule has 0 bridgehead atoms. The summed E-state index contributed by atoms with van der Waals surface area (Å²) >= 11 is 4.87. The number of likely N-dealkylation sites (N-methyl/N-ethyl adjacent to an activating group) is 1. The number of nitrogens with zero attached hydrogens (tertiary/aromatic N) is 4. The quantitative estimate of drug-likeness (QED) is 0.792. The largest absolute Gasteiger partial charge is 0.388 e. The van der Waals surface area contributed by atoms with Crippen LogP contribution in [0.4, 0.5) is 5.82 Å². The van der Waals surface area contributed by atoms with E-state index in [1.54, 1.807) is 12.4 Å². The molecule has 5 nitrogen and oxygen atoms in total. The van der Waals surface area contributed by atoms with Crippen molar-refractivity contribution < 1.29 is 0 Å². The van der Waals surface area contributed by atoms with Crippen LogP contribution in [-0.2, 0) is 0 Å². The highest BCUT2D eigenvalue weighted by Gasteiger charge is 2.27. The summed E-state index contributed by atoms with van der Waals surface area (Å²) in [5.41, 5.74) is 6.09. The molecule has 0 saturated carbocycles. The minimum atomic E-state index is 0.286. The monoisotopic (exact) mass is 265 g/mol. The van der Waals surface area contributed by atoms with Gasteiger partial charge in [-0.2, -0.15) is 0 Å². The van der Waals surface area contributed by atoms with Crippen molar-refractivity contribution in [1.29, 1.82) is 0 Å². The normalized spacial score (nSPS) is 25.2. The van der Waals surface area contributed by atoms with Crippen LogP contribution >= 0.6 is 12.2 Å². The molecule has 6 heteroatoms. The first-order valence-electron chi connectivity index (χ1n) is 6.07. The molecule has 2 N–H and O–H groups in total. The average molecular weight is 265 g/mol. The number of thiocarbonyl (C=S) groups is 1. The molecule has 2 unspecified atom stereocenters. The lowest BCUT2D eigenvalue weighted by Crippen LogP contribution is -2.55. The summed E-state index contributed by atoms with van der Waals surface area (Å²) in [7, 11) is 2.16. The Hall–Kier alpha value is -1.27. The molecule has 1 aromatic rings. The Morgan fingerprint density at radius 3 is 2.33 bits per heavy atom. The number of rotatable bonds is 2. The summed E-state index contributed by atoms with van der Waals surface area (Å²) in [6.07, 6.45) is 3.39. The van der Waals surface area contributed by atoms with Gasteiger partial charge >= 0.3 is 0 Å². The molecule has 2 atom stereocenters. The molecule has 0 aromatic carbocycles. The van der Waals surface area contributed by atoms with Gasteiger partial charge in [0, 0.05) is 25.2 Å². The highest BCUT2D eigenvalue weighted by molar-refractivity contribution is 7.80. The Kier molecular flexibility index (Phi) is 3.77. The highest BCUT2D eigenvalue weighted by Crippen LogP contribution is 2.18. The van der Waals surface area contributed by atoms with Gasteiger partial charge in [0.1, 0.15) is 16.5 Å². The molecule has 98 valence electrons. The first-order valence-corrected chi connectivity index (χ1v) is 6.48. The second-order valence-corrected chi connectivity index (χ2v) is 5.33. The number of anilines is 1. The predicted molar refractivity (Wildman–Crippen MR) is 76.8 cm³/mol. The molecule has 1 aromatic heterocycles. The maximum atomic E-state index is 5.51. The van der Waals surface area contributed by atoms with Gasteiger partial charge in [-0.3, -0.25) is 4.90 Å². The molecule has 0 spiro atoms. The van der Waals surface area contributed by atoms with Gasteiger partial charge in [0.2, 0.25) is 0 Å². The molecule has 2 rings (SSSR count). The lowest BCUT2D eigenvalue weighted by Gasteiger charge is -2.42. The maximum absolute atomic E-state index is 5.51. The number of hydrogen-bond donors (Lipinski definition) is 1. The van der Waals surface area contributed by atoms with Crippen LogP contribution in [0.1, 0.15) is 19.5 Å². The van der Waals surface area contributed by atoms with Crippen molar-refractivity contribution in [2.24, 2.45) is 5.73 Å². The van der Waals surface area contributed by atoms with Crippen molar-refractivity contribution in [3.8, 4) is 0 Å². The zero-order chi connectivity index (χ0) is 13.3. The molecule has 1 aliphatic rings. The third-order valence-electron chi connectivity index (χ3n) is 3.57. The Balaban J connectivity index is 2.14. The van der Waals surface area contributed by atoms with Crippen LogP contribution in [-0.4, -0.2) is 52.1 Å². The van der Waals surface area contributed by atoms with Crippen molar-refractivity contribution in [2.75, 3.05) is 25.0 Å². The fraction of sp³-hybridized carbons (Fsp3) is 0.583. The predicted octanol–water partition coefficient (Wildman–Crippen LogP) is 0.640. The summed E-state index contributed by atoms with van der Waals surface area (Å²) in [5.74, 6) is 0.891. The second kappa shape index (κ2) is 5.16. The molecule has 0 radical (unpaired) electrons. The zero-order valence-electron chi connectivity index (χ0n) is 11.0. The van der Waals surface area contributed by atoms with Crippen LogP contribution < -0.4 is 10.6 Å². The van der Waals surface area contributed by atoms with Crippen molar-refractivity contribution >= 4 is 23.0 Å². The number of piperazine rings is 1. The van der Waals surface area contributed by atoms with Gasteiger partial charge in [-0.05, 0) is 20.9 Å². The first kappa shape index (κ1) is 13.2. The average Bonchev–Trinajstić information content (AvgIpc) is 2.35. The second-order valence-electron chi connectivity index (χ2n) is 4.89. The number of hydrogen-bond acceptors (Lipinski definition) is 5. The van der Waals surface area contributed by atoms with E-state index < -0.39 is 0 Å². The van der Waals surface area contributed by atoms with Crippen LogP contribution in [0.25, 0.3) is 0 Å². The van der Waals surface area contributed by atoms with E-state index in [0.717, 1.165) is 18.9 Å². The van der Waals surface area contributed by atoms with E-state index in [1.807, 2.05) is 0 Å². The summed E-state index contributed by atoms with van der Waals surface area (Å²) in [6.45, 7) is 6.36. The highest BCUT2D eigenvalue weighted by atomic mass is 32.1. The van der Waals surface area contributed by atoms with Gasteiger partial charge in [-0.15, -0.1) is 0 Å². The summed E-state index contributed by atoms with van der Waals surface area (Å²) in [4.78, 5) is 13.6. The van der Waals surface area contributed by atoms with Crippen LogP contribution in [0.15, 0.2) is 12.4 Å². The van der Waals surface area contributed by atoms with E-state index in [-0.39, 0.29) is 4.99 Å². The van der Waals surface area contributed by atoms with Gasteiger partial charge < -0.3 is 10.6 Å². The molecule has 1 saturated heterocycles. The summed E-state index contributed by atoms with van der Waals surface area (Å²) in [6, 6.07) is 1.01. The minimum absolute atomic E-state index is 0.286. The van der Waals surface area contributed by atoms with E-state index in [4.69, 9.17) is 18.0 Å². The Morgan fingerprint density at radius 1 is 1.28 bits per heavy atom. The lowest BCUT2D eigenvalue weighted by molar-refractivity contribution is 0.169. The molecule has 0 amide bonds. The Morgan fingerprint density at radius 2 is 1.89 bits per heavy atom. The number of aromatic nitrogens is 2. The Labute approximate surface area is 113 Å². The SMILES string of the molecule is CC1CN(c2cnc(C(N)=S)cn2)CC(C)N1C. The molecular weight excluding hydrogens is 246 g/mol. The van der Waals surface area contributed by atoms with Crippen molar-refractivity contribution in [2.45, 2.75) is 25.9 Å². The van der Waals surface area contributed by atoms with Crippen molar-refractivity contribution in [3.05, 3.63) is 18.1 Å². The van der Waals surface area contributed by atoms with Gasteiger partial charge in [-0.1, -0.05) is 12.2 Å². The molecule has 0 aliphatic carbocycles. The van der Waals surface area contributed by atoms with Gasteiger partial charge in [-0.25, -0.2) is 9.97 Å². The summed E-state index contributed by atoms with van der Waals surface area (Å²) < 4.78 is 0. The van der Waals surface area contributed by atoms with E-state index in [1.165, 1.54) is 0 Å². The van der Waals surface area contributed by atoms with E-state index >= 15 is 0 Å². The molecule has 18 heavy (non-hydrogen) atoms. The standard InChI is InChI=1S/C12H19N5S/c1-8-6-17(7-9(2)16(8)3)11-5-14-10(4-15-11)12(13)18/h4-5,8-9H,6-7H2,1-3H3,(H2,13,18). The lowest BCUT2D eigenvalue weighted by atomic mass is 10.1. The van der Waals surface area contributed by atoms with E-state index in [0.29, 0.717) is 17.8 Å². The molecule has 2 heterocycles. The first-order chi connectivity index (χ1) is 8.49. The zero-order valence-corrected chi connectivity index (χ0v) is 11.8. The fourth-order valence-electron chi connectivity index (χ4n) is 2.20. The number of nitrogens with two attached hydrogens (primary N) is 1. The van der Waals surface area contributed by atoms with Crippen LogP contribution in [0.5, 0.6) is 0 Å². The van der Waals surface area contributed by atoms with Crippen molar-refractivity contribution in [3.63, 3.8) is 0 Å². The van der Waals surface area contributed by atoms with Gasteiger partial charge in [0.05, 0.1) is 12.4 Å². The van der Waals surface area contributed by atoms with Crippen molar-refractivity contribution in [1.82, 2.24) is 14.9 Å². The van der Waals surface area contributed by atoms with Crippen LogP contribution in [0, 0.1) is 0 Å². The smallest absolute Gasteiger partial charge is 0.147 e. The van der Waals surface area contributed by atoms with Crippen LogP contribution in [0.3, 0.4) is 0 Å². The Bertz CT molecular complexity index is 421. The van der Waals surface area contributed by atoms with E-state index in [9.17, 15) is 0 Å². The van der Waals surface area contributed by atoms with Gasteiger partial charge in [0.25, 0.3) is 0 Å². The fourth-order valence-corrected chi connectivity index (χ4v) is 2.31. The van der Waals surface area contributed by atoms with Crippen LogP contribution in [0.2, 0.25) is 0 Å². The summed E-state index contributed by atoms with van der Waals surface area (Å²) in [5, 5.41) is 0. The maximum Gasteiger partial charge on any atom is 0.147 e. The third-order valence-corrected chi connectivity index (χ3v) is 3.78. The topological polar surface area (TPSA) is 58.3 Å². The van der Waals surface area contributed by atoms with Gasteiger partial charge in [0.15, 0.2) is 0 Å². The molecule has 1 fully saturated rings.